The molecule has 0 radical (unpaired) electrons. The Balaban J connectivity index is 1.94. The van der Waals surface area contributed by atoms with E-state index in [1.54, 1.807) is 12.1 Å². The van der Waals surface area contributed by atoms with Gasteiger partial charge in [-0.05, 0) is 36.2 Å². The average Bonchev–Trinajstić information content (AvgIpc) is 2.85. The lowest BCUT2D eigenvalue weighted by molar-refractivity contribution is 0.109. The first-order chi connectivity index (χ1) is 8.31. The molecule has 3 nitrogen and oxygen atoms in total. The van der Waals surface area contributed by atoms with Gasteiger partial charge in [0.1, 0.15) is 18.1 Å². The van der Waals surface area contributed by atoms with E-state index in [1.165, 1.54) is 5.56 Å². The number of rotatable bonds is 5. The lowest BCUT2D eigenvalue weighted by Gasteiger charge is -2.04. The monoisotopic (exact) mass is 230 g/mol. The summed E-state index contributed by atoms with van der Waals surface area (Å²) in [7, 11) is 0. The zero-order valence-electron chi connectivity index (χ0n) is 9.68. The second-order valence-electron chi connectivity index (χ2n) is 3.71. The van der Waals surface area contributed by atoms with E-state index in [1.807, 2.05) is 24.3 Å². The van der Waals surface area contributed by atoms with Crippen LogP contribution in [0.15, 0.2) is 40.8 Å². The summed E-state index contributed by atoms with van der Waals surface area (Å²) in [6.45, 7) is 2.44. The summed E-state index contributed by atoms with van der Waals surface area (Å²) in [6, 6.07) is 11.3. The molecule has 3 heteroatoms. The van der Waals surface area contributed by atoms with Gasteiger partial charge in [0.15, 0.2) is 12.0 Å². The van der Waals surface area contributed by atoms with Crippen LogP contribution in [0.1, 0.15) is 28.8 Å². The van der Waals surface area contributed by atoms with E-state index in [9.17, 15) is 4.79 Å². The van der Waals surface area contributed by atoms with E-state index < -0.39 is 0 Å². The number of hydrogen-bond acceptors (Lipinski definition) is 3. The van der Waals surface area contributed by atoms with Crippen molar-refractivity contribution in [3.05, 3.63) is 53.5 Å². The number of carbonyl (C=O) groups is 1. The van der Waals surface area contributed by atoms with Crippen LogP contribution in [0.2, 0.25) is 0 Å². The predicted octanol–water partition coefficient (Wildman–Crippen LogP) is 3.23. The second-order valence-corrected chi connectivity index (χ2v) is 3.71. The number of aldehydes is 1. The van der Waals surface area contributed by atoms with Crippen molar-refractivity contribution >= 4 is 6.29 Å². The van der Waals surface area contributed by atoms with Crippen molar-refractivity contribution in [3.8, 4) is 5.75 Å². The van der Waals surface area contributed by atoms with Crippen molar-refractivity contribution in [1.29, 1.82) is 0 Å². The third-order valence-corrected chi connectivity index (χ3v) is 2.51. The van der Waals surface area contributed by atoms with Crippen LogP contribution < -0.4 is 4.74 Å². The molecule has 0 aliphatic heterocycles. The molecule has 0 saturated carbocycles. The Morgan fingerprint density at radius 1 is 1.18 bits per heavy atom. The molecule has 1 aromatic carbocycles. The molecular weight excluding hydrogens is 216 g/mol. The first-order valence-corrected chi connectivity index (χ1v) is 5.57. The molecule has 0 spiro atoms. The van der Waals surface area contributed by atoms with Gasteiger partial charge < -0.3 is 9.15 Å². The zero-order valence-corrected chi connectivity index (χ0v) is 9.68. The Bertz CT molecular complexity index is 482. The van der Waals surface area contributed by atoms with Crippen molar-refractivity contribution < 1.29 is 13.9 Å². The normalized spacial score (nSPS) is 10.2. The Morgan fingerprint density at radius 2 is 1.94 bits per heavy atom. The summed E-state index contributed by atoms with van der Waals surface area (Å²) in [5, 5.41) is 0. The van der Waals surface area contributed by atoms with Gasteiger partial charge in [-0.15, -0.1) is 0 Å². The summed E-state index contributed by atoms with van der Waals surface area (Å²) in [5.41, 5.74) is 1.28. The van der Waals surface area contributed by atoms with Crippen molar-refractivity contribution in [3.63, 3.8) is 0 Å². The van der Waals surface area contributed by atoms with Gasteiger partial charge in [0, 0.05) is 0 Å². The molecule has 2 aromatic rings. The number of benzene rings is 1. The minimum absolute atomic E-state index is 0.324. The van der Waals surface area contributed by atoms with Crippen molar-refractivity contribution in [2.45, 2.75) is 20.0 Å². The molecule has 17 heavy (non-hydrogen) atoms. The molecule has 0 aliphatic carbocycles. The standard InChI is InChI=1S/C14H14O3/c1-2-11-3-5-12(6-4-11)16-10-14-8-7-13(9-15)17-14/h3-9H,2,10H2,1H3. The molecule has 0 atom stereocenters. The van der Waals surface area contributed by atoms with Crippen LogP contribution in [-0.2, 0) is 13.0 Å². The largest absolute Gasteiger partial charge is 0.486 e. The molecule has 88 valence electrons. The highest BCUT2D eigenvalue weighted by molar-refractivity contribution is 5.70. The molecule has 0 fully saturated rings. The second kappa shape index (κ2) is 5.34. The van der Waals surface area contributed by atoms with Crippen molar-refractivity contribution in [2.75, 3.05) is 0 Å². The van der Waals surface area contributed by atoms with Gasteiger partial charge in [0.05, 0.1) is 0 Å². The van der Waals surface area contributed by atoms with Crippen LogP contribution in [0.25, 0.3) is 0 Å². The van der Waals surface area contributed by atoms with Crippen LogP contribution in [0.4, 0.5) is 0 Å². The fourth-order valence-corrected chi connectivity index (χ4v) is 1.51. The van der Waals surface area contributed by atoms with Crippen LogP contribution in [0.3, 0.4) is 0 Å². The molecule has 2 rings (SSSR count). The van der Waals surface area contributed by atoms with Gasteiger partial charge in [0.25, 0.3) is 0 Å². The number of aryl methyl sites for hydroxylation is 1. The highest BCUT2D eigenvalue weighted by Crippen LogP contribution is 2.15. The number of hydrogen-bond donors (Lipinski definition) is 0. The molecule has 0 N–H and O–H groups in total. The SMILES string of the molecule is CCc1ccc(OCc2ccc(C=O)o2)cc1. The van der Waals surface area contributed by atoms with Crippen LogP contribution in [0, 0.1) is 0 Å². The van der Waals surface area contributed by atoms with Gasteiger partial charge in [-0.3, -0.25) is 4.79 Å². The number of carbonyl (C=O) groups excluding carboxylic acids is 1. The lowest BCUT2D eigenvalue weighted by Crippen LogP contribution is -1.93. The smallest absolute Gasteiger partial charge is 0.185 e. The average molecular weight is 230 g/mol. The van der Waals surface area contributed by atoms with E-state index in [-0.39, 0.29) is 0 Å². The van der Waals surface area contributed by atoms with E-state index in [0.29, 0.717) is 24.4 Å². The van der Waals surface area contributed by atoms with Gasteiger partial charge in [-0.1, -0.05) is 19.1 Å². The van der Waals surface area contributed by atoms with Gasteiger partial charge >= 0.3 is 0 Å². The van der Waals surface area contributed by atoms with Crippen LogP contribution in [0.5, 0.6) is 5.75 Å². The van der Waals surface area contributed by atoms with Crippen molar-refractivity contribution in [1.82, 2.24) is 0 Å². The Kier molecular flexibility index (Phi) is 3.60. The summed E-state index contributed by atoms with van der Waals surface area (Å²) in [5.74, 6) is 1.77. The fourth-order valence-electron chi connectivity index (χ4n) is 1.51. The summed E-state index contributed by atoms with van der Waals surface area (Å²) in [6.07, 6.45) is 1.70. The van der Waals surface area contributed by atoms with Gasteiger partial charge in [-0.2, -0.15) is 0 Å². The number of furan rings is 1. The lowest BCUT2D eigenvalue weighted by atomic mass is 10.2. The molecule has 0 saturated heterocycles. The first kappa shape index (κ1) is 11.5. The Morgan fingerprint density at radius 3 is 2.53 bits per heavy atom. The summed E-state index contributed by atoms with van der Waals surface area (Å²) in [4.78, 5) is 10.4. The fraction of sp³-hybridized carbons (Fsp3) is 0.214. The third kappa shape index (κ3) is 2.97. The Labute approximate surface area is 100 Å². The highest BCUT2D eigenvalue weighted by atomic mass is 16.5. The Hall–Kier alpha value is -2.03. The van der Waals surface area contributed by atoms with Crippen molar-refractivity contribution in [2.24, 2.45) is 0 Å². The number of ether oxygens (including phenoxy) is 1. The molecular formula is C14H14O3. The molecule has 0 amide bonds. The van der Waals surface area contributed by atoms with Gasteiger partial charge in [-0.25, -0.2) is 0 Å². The van der Waals surface area contributed by atoms with Crippen LogP contribution in [-0.4, -0.2) is 6.29 Å². The quantitative estimate of drug-likeness (QED) is 0.740. The zero-order chi connectivity index (χ0) is 12.1. The summed E-state index contributed by atoms with van der Waals surface area (Å²) < 4.78 is 10.7. The third-order valence-electron chi connectivity index (χ3n) is 2.51. The maximum absolute atomic E-state index is 10.4. The van der Waals surface area contributed by atoms with E-state index in [2.05, 4.69) is 6.92 Å². The minimum Gasteiger partial charge on any atom is -0.486 e. The molecule has 0 bridgehead atoms. The molecule has 0 aliphatic rings. The van der Waals surface area contributed by atoms with E-state index in [4.69, 9.17) is 9.15 Å². The predicted molar refractivity (Wildman–Crippen MR) is 64.2 cm³/mol. The molecule has 1 heterocycles. The molecule has 1 aromatic heterocycles. The first-order valence-electron chi connectivity index (χ1n) is 5.57. The van der Waals surface area contributed by atoms with E-state index >= 15 is 0 Å². The maximum Gasteiger partial charge on any atom is 0.185 e. The van der Waals surface area contributed by atoms with Gasteiger partial charge in [0.2, 0.25) is 0 Å². The minimum atomic E-state index is 0.324. The topological polar surface area (TPSA) is 39.4 Å². The van der Waals surface area contributed by atoms with Crippen LogP contribution >= 0.6 is 0 Å². The van der Waals surface area contributed by atoms with E-state index in [0.717, 1.165) is 12.2 Å². The summed E-state index contributed by atoms with van der Waals surface area (Å²) >= 11 is 0. The highest BCUT2D eigenvalue weighted by Gasteiger charge is 2.02. The maximum atomic E-state index is 10.4. The molecule has 0 unspecified atom stereocenters.